The van der Waals surface area contributed by atoms with Crippen LogP contribution in [0.3, 0.4) is 0 Å². The molecule has 0 saturated carbocycles. The van der Waals surface area contributed by atoms with E-state index in [0.29, 0.717) is 11.1 Å². The molecule has 0 aliphatic rings. The van der Waals surface area contributed by atoms with E-state index in [1.165, 1.54) is 24.8 Å². The molecule has 0 radical (unpaired) electrons. The lowest BCUT2D eigenvalue weighted by molar-refractivity contribution is 0.102. The van der Waals surface area contributed by atoms with Crippen molar-refractivity contribution in [3.63, 3.8) is 0 Å². The van der Waals surface area contributed by atoms with Crippen LogP contribution in [0, 0.1) is 11.8 Å². The Bertz CT molecular complexity index is 631. The molecule has 0 aliphatic carbocycles. The number of amides is 1. The first kappa shape index (κ1) is 12.6. The first-order chi connectivity index (χ1) is 9.31. The number of pyridine rings is 1. The van der Waals surface area contributed by atoms with Crippen LogP contribution in [-0.4, -0.2) is 32.6 Å². The average molecular weight is 254 g/mol. The lowest BCUT2D eigenvalue weighted by atomic mass is 10.1. The van der Waals surface area contributed by atoms with Gasteiger partial charge in [-0.2, -0.15) is 5.10 Å². The second-order valence-corrected chi connectivity index (χ2v) is 3.35. The van der Waals surface area contributed by atoms with Crippen LogP contribution >= 0.6 is 0 Å². The van der Waals surface area contributed by atoms with Crippen molar-refractivity contribution in [3.05, 3.63) is 42.0 Å². The SMILES string of the molecule is NCC#Cc1cnccc1C(=O)Nc1nccnn1. The predicted octanol–water partition coefficient (Wildman–Crippen LogP) is -0.171. The number of hydrogen-bond acceptors (Lipinski definition) is 6. The third kappa shape index (κ3) is 3.31. The Balaban J connectivity index is 2.24. The van der Waals surface area contributed by atoms with Gasteiger partial charge in [0.1, 0.15) is 0 Å². The number of aromatic nitrogens is 4. The summed E-state index contributed by atoms with van der Waals surface area (Å²) in [6.45, 7) is 0.210. The molecule has 0 atom stereocenters. The van der Waals surface area contributed by atoms with Crippen LogP contribution < -0.4 is 11.1 Å². The molecule has 3 N–H and O–H groups in total. The maximum atomic E-state index is 12.1. The molecule has 94 valence electrons. The summed E-state index contributed by atoms with van der Waals surface area (Å²) >= 11 is 0. The number of nitrogens with zero attached hydrogens (tertiary/aromatic N) is 4. The van der Waals surface area contributed by atoms with Gasteiger partial charge in [0.05, 0.1) is 30.1 Å². The molecule has 2 aromatic heterocycles. The predicted molar refractivity (Wildman–Crippen MR) is 67.9 cm³/mol. The molecule has 0 spiro atoms. The van der Waals surface area contributed by atoms with E-state index in [-0.39, 0.29) is 18.4 Å². The Morgan fingerprint density at radius 1 is 1.37 bits per heavy atom. The molecule has 7 heteroatoms. The lowest BCUT2D eigenvalue weighted by Crippen LogP contribution is -2.16. The van der Waals surface area contributed by atoms with Gasteiger partial charge >= 0.3 is 0 Å². The summed E-state index contributed by atoms with van der Waals surface area (Å²) in [6, 6.07) is 1.56. The summed E-state index contributed by atoms with van der Waals surface area (Å²) in [4.78, 5) is 19.8. The molecule has 1 amide bonds. The minimum Gasteiger partial charge on any atom is -0.320 e. The number of hydrogen-bond donors (Lipinski definition) is 2. The number of nitrogens with one attached hydrogen (secondary N) is 1. The maximum absolute atomic E-state index is 12.1. The van der Waals surface area contributed by atoms with Crippen LogP contribution in [0.15, 0.2) is 30.9 Å². The van der Waals surface area contributed by atoms with E-state index in [9.17, 15) is 4.79 Å². The van der Waals surface area contributed by atoms with E-state index in [2.05, 4.69) is 37.3 Å². The van der Waals surface area contributed by atoms with Gasteiger partial charge in [-0.05, 0) is 6.07 Å². The van der Waals surface area contributed by atoms with E-state index in [0.717, 1.165) is 0 Å². The van der Waals surface area contributed by atoms with E-state index in [1.807, 2.05) is 0 Å². The fraction of sp³-hybridized carbons (Fsp3) is 0.0833. The van der Waals surface area contributed by atoms with E-state index < -0.39 is 0 Å². The molecule has 2 rings (SSSR count). The number of carbonyl (C=O) groups is 1. The van der Waals surface area contributed by atoms with Crippen molar-refractivity contribution in [1.29, 1.82) is 0 Å². The maximum Gasteiger partial charge on any atom is 0.259 e. The fourth-order valence-corrected chi connectivity index (χ4v) is 1.31. The second kappa shape index (κ2) is 6.18. The zero-order chi connectivity index (χ0) is 13.5. The number of rotatable bonds is 2. The number of carbonyl (C=O) groups excluding carboxylic acids is 1. The van der Waals surface area contributed by atoms with E-state index in [4.69, 9.17) is 5.73 Å². The van der Waals surface area contributed by atoms with Crippen LogP contribution in [0.25, 0.3) is 0 Å². The van der Waals surface area contributed by atoms with Crippen molar-refractivity contribution in [2.24, 2.45) is 5.73 Å². The monoisotopic (exact) mass is 254 g/mol. The highest BCUT2D eigenvalue weighted by molar-refractivity contribution is 6.04. The Hall–Kier alpha value is -2.85. The molecule has 0 unspecified atom stereocenters. The van der Waals surface area contributed by atoms with Crippen molar-refractivity contribution >= 4 is 11.9 Å². The molecule has 2 heterocycles. The van der Waals surface area contributed by atoms with E-state index in [1.54, 1.807) is 6.07 Å². The topological polar surface area (TPSA) is 107 Å². The molecule has 7 nitrogen and oxygen atoms in total. The van der Waals surface area contributed by atoms with Crippen LogP contribution in [-0.2, 0) is 0 Å². The summed E-state index contributed by atoms with van der Waals surface area (Å²) in [7, 11) is 0. The minimum atomic E-state index is -0.378. The quantitative estimate of drug-likeness (QED) is 0.720. The Morgan fingerprint density at radius 3 is 3.00 bits per heavy atom. The summed E-state index contributed by atoms with van der Waals surface area (Å²) < 4.78 is 0. The van der Waals surface area contributed by atoms with Gasteiger partial charge in [-0.3, -0.25) is 15.1 Å². The van der Waals surface area contributed by atoms with Crippen molar-refractivity contribution in [2.75, 3.05) is 11.9 Å². The highest BCUT2D eigenvalue weighted by atomic mass is 16.1. The zero-order valence-electron chi connectivity index (χ0n) is 9.87. The first-order valence-electron chi connectivity index (χ1n) is 5.39. The molecule has 0 aromatic carbocycles. The Kier molecular flexibility index (Phi) is 4.10. The molecule has 0 saturated heterocycles. The first-order valence-corrected chi connectivity index (χ1v) is 5.39. The molecular formula is C12H10N6O. The van der Waals surface area contributed by atoms with Gasteiger partial charge in [0.25, 0.3) is 5.91 Å². The zero-order valence-corrected chi connectivity index (χ0v) is 9.87. The van der Waals surface area contributed by atoms with Crippen LogP contribution in [0.5, 0.6) is 0 Å². The summed E-state index contributed by atoms with van der Waals surface area (Å²) in [5, 5.41) is 9.82. The highest BCUT2D eigenvalue weighted by Gasteiger charge is 2.11. The lowest BCUT2D eigenvalue weighted by Gasteiger charge is -2.04. The third-order valence-corrected chi connectivity index (χ3v) is 2.10. The average Bonchev–Trinajstić information content (AvgIpc) is 2.46. The molecule has 2 aromatic rings. The van der Waals surface area contributed by atoms with Crippen molar-refractivity contribution < 1.29 is 4.79 Å². The molecule has 0 aliphatic heterocycles. The van der Waals surface area contributed by atoms with Crippen LogP contribution in [0.2, 0.25) is 0 Å². The number of nitrogens with two attached hydrogens (primary N) is 1. The van der Waals surface area contributed by atoms with Crippen molar-refractivity contribution in [2.45, 2.75) is 0 Å². The minimum absolute atomic E-state index is 0.127. The molecule has 19 heavy (non-hydrogen) atoms. The fourth-order valence-electron chi connectivity index (χ4n) is 1.31. The summed E-state index contributed by atoms with van der Waals surface area (Å²) in [6.07, 6.45) is 5.86. The van der Waals surface area contributed by atoms with Gasteiger partial charge < -0.3 is 5.73 Å². The largest absolute Gasteiger partial charge is 0.320 e. The van der Waals surface area contributed by atoms with Gasteiger partial charge in [0, 0.05) is 12.4 Å². The van der Waals surface area contributed by atoms with Crippen LogP contribution in [0.4, 0.5) is 5.95 Å². The van der Waals surface area contributed by atoms with Gasteiger partial charge in [-0.25, -0.2) is 4.98 Å². The van der Waals surface area contributed by atoms with Crippen molar-refractivity contribution in [3.8, 4) is 11.8 Å². The van der Waals surface area contributed by atoms with Gasteiger partial charge in [-0.1, -0.05) is 11.8 Å². The van der Waals surface area contributed by atoms with Gasteiger partial charge in [-0.15, -0.1) is 5.10 Å². The summed E-state index contributed by atoms with van der Waals surface area (Å²) in [5.74, 6) is 5.21. The smallest absolute Gasteiger partial charge is 0.259 e. The number of anilines is 1. The normalized spacial score (nSPS) is 9.32. The Morgan fingerprint density at radius 2 is 2.26 bits per heavy atom. The second-order valence-electron chi connectivity index (χ2n) is 3.35. The van der Waals surface area contributed by atoms with Crippen molar-refractivity contribution in [1.82, 2.24) is 20.2 Å². The third-order valence-electron chi connectivity index (χ3n) is 2.10. The highest BCUT2D eigenvalue weighted by Crippen LogP contribution is 2.07. The molecule has 0 fully saturated rings. The van der Waals surface area contributed by atoms with Gasteiger partial charge in [0.15, 0.2) is 0 Å². The van der Waals surface area contributed by atoms with Crippen LogP contribution in [0.1, 0.15) is 15.9 Å². The Labute approximate surface area is 109 Å². The standard InChI is InChI=1S/C12H10N6O/c13-4-1-2-9-8-14-5-3-10(9)11(19)17-12-15-6-7-16-18-12/h3,5-8H,4,13H2,(H,15,17,18,19). The van der Waals surface area contributed by atoms with E-state index >= 15 is 0 Å². The molecular weight excluding hydrogens is 244 g/mol. The summed E-state index contributed by atoms with van der Waals surface area (Å²) in [5.41, 5.74) is 6.18. The molecule has 0 bridgehead atoms. The van der Waals surface area contributed by atoms with Gasteiger partial charge in [0.2, 0.25) is 5.95 Å².